The highest BCUT2D eigenvalue weighted by Crippen LogP contribution is 2.29. The molecule has 2 rings (SSSR count). The van der Waals surface area contributed by atoms with Gasteiger partial charge in [-0.3, -0.25) is 0 Å². The molecule has 4 nitrogen and oxygen atoms in total. The lowest BCUT2D eigenvalue weighted by molar-refractivity contribution is -0.137. The van der Waals surface area contributed by atoms with Gasteiger partial charge in [0.2, 0.25) is 11.1 Å². The van der Waals surface area contributed by atoms with Gasteiger partial charge in [0.1, 0.15) is 0 Å². The van der Waals surface area contributed by atoms with E-state index in [1.54, 1.807) is 0 Å². The van der Waals surface area contributed by atoms with Gasteiger partial charge in [0.15, 0.2) is 0 Å². The van der Waals surface area contributed by atoms with Crippen molar-refractivity contribution in [1.29, 1.82) is 0 Å². The highest BCUT2D eigenvalue weighted by Gasteiger charge is 2.29. The van der Waals surface area contributed by atoms with Crippen LogP contribution in [0.25, 0.3) is 0 Å². The van der Waals surface area contributed by atoms with Gasteiger partial charge in [-0.15, -0.1) is 0 Å². The number of nitrogens with one attached hydrogen (secondary N) is 1. The summed E-state index contributed by atoms with van der Waals surface area (Å²) in [5.74, 6) is 1.53. The van der Waals surface area contributed by atoms with Crippen LogP contribution < -0.4 is 10.2 Å². The van der Waals surface area contributed by atoms with Gasteiger partial charge in [-0.25, -0.2) is 0 Å². The molecule has 1 aromatic heterocycles. The molecule has 0 spiro atoms. The number of anilines is 2. The van der Waals surface area contributed by atoms with Gasteiger partial charge >= 0.3 is 6.18 Å². The summed E-state index contributed by atoms with van der Waals surface area (Å²) in [4.78, 5) is 6.76. The minimum atomic E-state index is -4.31. The smallest absolute Gasteiger partial charge is 0.349 e. The average Bonchev–Trinajstić information content (AvgIpc) is 3.00. The number of hydrogen-bond acceptors (Lipinski definition) is 5. The summed E-state index contributed by atoms with van der Waals surface area (Å²) in [5.41, 5.74) is 0.101. The standard InChI is InChI=1S/C18H25F3N4S/c1-12(2)10-25(11-13(3)4)17-23-16(24-26-17)22-9-14-5-7-15(8-6-14)18(19,20)21/h5-8,12-13H,9-11H2,1-4H3,(H,22,24). The van der Waals surface area contributed by atoms with Crippen LogP contribution in [0.1, 0.15) is 38.8 Å². The Morgan fingerprint density at radius 2 is 1.62 bits per heavy atom. The van der Waals surface area contributed by atoms with E-state index in [0.29, 0.717) is 24.3 Å². The number of nitrogens with zero attached hydrogens (tertiary/aromatic N) is 3. The third-order valence-electron chi connectivity index (χ3n) is 3.59. The van der Waals surface area contributed by atoms with Crippen LogP contribution in [0.4, 0.5) is 24.3 Å². The van der Waals surface area contributed by atoms with E-state index in [-0.39, 0.29) is 0 Å². The van der Waals surface area contributed by atoms with E-state index in [1.807, 2.05) is 0 Å². The van der Waals surface area contributed by atoms with Crippen molar-refractivity contribution in [3.05, 3.63) is 35.4 Å². The summed E-state index contributed by atoms with van der Waals surface area (Å²) < 4.78 is 42.1. The van der Waals surface area contributed by atoms with E-state index in [2.05, 4.69) is 47.3 Å². The summed E-state index contributed by atoms with van der Waals surface area (Å²) in [7, 11) is 0. The Balaban J connectivity index is 1.98. The highest BCUT2D eigenvalue weighted by molar-refractivity contribution is 7.09. The zero-order chi connectivity index (χ0) is 19.3. The van der Waals surface area contributed by atoms with Crippen LogP contribution in [0.2, 0.25) is 0 Å². The molecular formula is C18H25F3N4S. The van der Waals surface area contributed by atoms with Crippen molar-refractivity contribution in [3.8, 4) is 0 Å². The second-order valence-electron chi connectivity index (χ2n) is 7.14. The SMILES string of the molecule is CC(C)CN(CC(C)C)c1nc(NCc2ccc(C(F)(F)F)cc2)ns1. The molecule has 2 aromatic rings. The van der Waals surface area contributed by atoms with Gasteiger partial charge in [-0.05, 0) is 29.5 Å². The number of benzene rings is 1. The molecule has 0 radical (unpaired) electrons. The fourth-order valence-corrected chi connectivity index (χ4v) is 3.19. The van der Waals surface area contributed by atoms with Crippen LogP contribution in [0.15, 0.2) is 24.3 Å². The zero-order valence-electron chi connectivity index (χ0n) is 15.5. The number of alkyl halides is 3. The van der Waals surface area contributed by atoms with Crippen LogP contribution in [0.3, 0.4) is 0 Å². The molecule has 1 heterocycles. The molecule has 0 atom stereocenters. The monoisotopic (exact) mass is 386 g/mol. The molecule has 26 heavy (non-hydrogen) atoms. The van der Waals surface area contributed by atoms with Gasteiger partial charge in [-0.2, -0.15) is 22.5 Å². The Bertz CT molecular complexity index is 670. The maximum atomic E-state index is 12.6. The molecule has 8 heteroatoms. The maximum absolute atomic E-state index is 12.6. The average molecular weight is 386 g/mol. The topological polar surface area (TPSA) is 41.1 Å². The van der Waals surface area contributed by atoms with E-state index in [1.165, 1.54) is 23.7 Å². The van der Waals surface area contributed by atoms with Crippen LogP contribution in [-0.4, -0.2) is 22.4 Å². The fourth-order valence-electron chi connectivity index (χ4n) is 2.52. The summed E-state index contributed by atoms with van der Waals surface area (Å²) in [6, 6.07) is 5.10. The van der Waals surface area contributed by atoms with Gasteiger partial charge < -0.3 is 10.2 Å². The van der Waals surface area contributed by atoms with E-state index < -0.39 is 11.7 Å². The molecule has 0 fully saturated rings. The van der Waals surface area contributed by atoms with Crippen molar-refractivity contribution < 1.29 is 13.2 Å². The quantitative estimate of drug-likeness (QED) is 0.669. The predicted molar refractivity (Wildman–Crippen MR) is 101 cm³/mol. The molecule has 0 saturated heterocycles. The summed E-state index contributed by atoms with van der Waals surface area (Å²) >= 11 is 1.34. The van der Waals surface area contributed by atoms with Gasteiger partial charge in [0.25, 0.3) is 0 Å². The Kier molecular flexibility index (Phi) is 6.86. The Morgan fingerprint density at radius 1 is 1.04 bits per heavy atom. The number of aromatic nitrogens is 2. The second-order valence-corrected chi connectivity index (χ2v) is 7.87. The van der Waals surface area contributed by atoms with Crippen molar-refractivity contribution in [2.24, 2.45) is 11.8 Å². The van der Waals surface area contributed by atoms with E-state index in [0.717, 1.165) is 35.9 Å². The highest BCUT2D eigenvalue weighted by atomic mass is 32.1. The Labute approximate surface area is 156 Å². The largest absolute Gasteiger partial charge is 0.416 e. The lowest BCUT2D eigenvalue weighted by atomic mass is 10.1. The lowest BCUT2D eigenvalue weighted by Crippen LogP contribution is -2.31. The third kappa shape index (κ3) is 6.16. The first-order valence-corrected chi connectivity index (χ1v) is 9.41. The van der Waals surface area contributed by atoms with Crippen molar-refractivity contribution in [1.82, 2.24) is 9.36 Å². The van der Waals surface area contributed by atoms with Crippen molar-refractivity contribution in [2.45, 2.75) is 40.4 Å². The van der Waals surface area contributed by atoms with Gasteiger partial charge in [0.05, 0.1) is 5.56 Å². The van der Waals surface area contributed by atoms with E-state index >= 15 is 0 Å². The summed E-state index contributed by atoms with van der Waals surface area (Å²) in [6.45, 7) is 10.9. The molecule has 144 valence electrons. The number of hydrogen-bond donors (Lipinski definition) is 1. The zero-order valence-corrected chi connectivity index (χ0v) is 16.3. The molecule has 0 amide bonds. The molecule has 0 aliphatic carbocycles. The van der Waals surface area contributed by atoms with Crippen LogP contribution in [-0.2, 0) is 12.7 Å². The number of halogens is 3. The Morgan fingerprint density at radius 3 is 2.12 bits per heavy atom. The van der Waals surface area contributed by atoms with Crippen LogP contribution in [0.5, 0.6) is 0 Å². The first-order chi connectivity index (χ1) is 12.1. The summed E-state index contributed by atoms with van der Waals surface area (Å²) in [6.07, 6.45) is -4.31. The molecule has 0 aliphatic rings. The predicted octanol–water partition coefficient (Wildman–Crippen LogP) is 5.29. The fraction of sp³-hybridized carbons (Fsp3) is 0.556. The van der Waals surface area contributed by atoms with Crippen molar-refractivity contribution in [3.63, 3.8) is 0 Å². The molecular weight excluding hydrogens is 361 g/mol. The number of rotatable bonds is 8. The molecule has 1 N–H and O–H groups in total. The van der Waals surface area contributed by atoms with Crippen molar-refractivity contribution >= 4 is 22.6 Å². The van der Waals surface area contributed by atoms with Gasteiger partial charge in [-0.1, -0.05) is 39.8 Å². The molecule has 0 saturated carbocycles. The molecule has 1 aromatic carbocycles. The first kappa shape index (κ1) is 20.5. The van der Waals surface area contributed by atoms with E-state index in [4.69, 9.17) is 0 Å². The summed E-state index contributed by atoms with van der Waals surface area (Å²) in [5, 5.41) is 3.94. The van der Waals surface area contributed by atoms with Crippen molar-refractivity contribution in [2.75, 3.05) is 23.3 Å². The maximum Gasteiger partial charge on any atom is 0.416 e. The minimum Gasteiger partial charge on any atom is -0.349 e. The minimum absolute atomic E-state index is 0.378. The third-order valence-corrected chi connectivity index (χ3v) is 4.37. The molecule has 0 aliphatic heterocycles. The molecule has 0 unspecified atom stereocenters. The Hall–Kier alpha value is -1.83. The van der Waals surface area contributed by atoms with Crippen LogP contribution in [0, 0.1) is 11.8 Å². The lowest BCUT2D eigenvalue weighted by Gasteiger charge is -2.25. The van der Waals surface area contributed by atoms with E-state index in [9.17, 15) is 13.2 Å². The van der Waals surface area contributed by atoms with Crippen LogP contribution >= 0.6 is 11.5 Å². The first-order valence-electron chi connectivity index (χ1n) is 8.63. The molecule has 0 bridgehead atoms. The second kappa shape index (κ2) is 8.70. The van der Waals surface area contributed by atoms with Gasteiger partial charge in [0, 0.05) is 31.2 Å². The normalized spacial score (nSPS) is 12.0.